The highest BCUT2D eigenvalue weighted by Gasteiger charge is 2.30. The number of amides is 1. The van der Waals surface area contributed by atoms with Gasteiger partial charge in [0, 0.05) is 6.04 Å². The molecule has 0 spiro atoms. The number of hydrogen-bond donors (Lipinski definition) is 0. The summed E-state index contributed by atoms with van der Waals surface area (Å²) in [7, 11) is 1.35. The van der Waals surface area contributed by atoms with Crippen LogP contribution in [0.5, 0.6) is 0 Å². The molecule has 0 unspecified atom stereocenters. The van der Waals surface area contributed by atoms with Gasteiger partial charge in [-0.25, -0.2) is 0 Å². The zero-order valence-corrected chi connectivity index (χ0v) is 13.1. The maximum atomic E-state index is 12.5. The molecular weight excluding hydrogens is 330 g/mol. The van der Waals surface area contributed by atoms with Crippen molar-refractivity contribution < 1.29 is 14.3 Å². The highest BCUT2D eigenvalue weighted by molar-refractivity contribution is 9.11. The fraction of sp³-hybridized carbons (Fsp3) is 0.538. The monoisotopic (exact) mass is 345 g/mol. The van der Waals surface area contributed by atoms with E-state index in [4.69, 9.17) is 4.74 Å². The van der Waals surface area contributed by atoms with Crippen LogP contribution in [-0.4, -0.2) is 36.5 Å². The molecule has 4 nitrogen and oxygen atoms in total. The van der Waals surface area contributed by atoms with Crippen molar-refractivity contribution in [3.8, 4) is 0 Å². The molecule has 104 valence electrons. The lowest BCUT2D eigenvalue weighted by Crippen LogP contribution is -2.42. The van der Waals surface area contributed by atoms with E-state index in [-0.39, 0.29) is 24.5 Å². The minimum absolute atomic E-state index is 0.0372. The van der Waals surface area contributed by atoms with Gasteiger partial charge in [-0.2, -0.15) is 0 Å². The first-order valence-electron chi connectivity index (χ1n) is 6.25. The van der Waals surface area contributed by atoms with Gasteiger partial charge in [0.1, 0.15) is 6.54 Å². The number of carbonyl (C=O) groups excluding carboxylic acids is 2. The molecule has 0 N–H and O–H groups in total. The van der Waals surface area contributed by atoms with Gasteiger partial charge in [0.25, 0.3) is 5.91 Å². The summed E-state index contributed by atoms with van der Waals surface area (Å²) in [5.41, 5.74) is 0. The van der Waals surface area contributed by atoms with Crippen LogP contribution >= 0.6 is 27.3 Å². The highest BCUT2D eigenvalue weighted by Crippen LogP contribution is 2.28. The van der Waals surface area contributed by atoms with Gasteiger partial charge in [0.2, 0.25) is 0 Å². The lowest BCUT2D eigenvalue weighted by molar-refractivity contribution is -0.141. The first kappa shape index (κ1) is 14.5. The average molecular weight is 346 g/mol. The average Bonchev–Trinajstić information content (AvgIpc) is 3.05. The van der Waals surface area contributed by atoms with E-state index in [0.717, 1.165) is 29.5 Å². The second-order valence-corrected chi connectivity index (χ2v) is 7.01. The number of nitrogens with zero attached hydrogens (tertiary/aromatic N) is 1. The third-order valence-electron chi connectivity index (χ3n) is 3.34. The Bertz CT molecular complexity index is 468. The van der Waals surface area contributed by atoms with Gasteiger partial charge in [0.15, 0.2) is 0 Å². The Labute approximate surface area is 124 Å². The first-order valence-corrected chi connectivity index (χ1v) is 7.86. The number of methoxy groups -OCH3 is 1. The summed E-state index contributed by atoms with van der Waals surface area (Å²) < 4.78 is 5.61. The van der Waals surface area contributed by atoms with Crippen molar-refractivity contribution in [2.24, 2.45) is 0 Å². The van der Waals surface area contributed by atoms with Crippen molar-refractivity contribution in [2.75, 3.05) is 13.7 Å². The van der Waals surface area contributed by atoms with Crippen LogP contribution in [0.25, 0.3) is 0 Å². The molecule has 1 aliphatic carbocycles. The number of thiophene rings is 1. The van der Waals surface area contributed by atoms with Crippen LogP contribution in [0.15, 0.2) is 15.9 Å². The van der Waals surface area contributed by atoms with E-state index in [1.165, 1.54) is 18.4 Å². The molecular formula is C13H16BrNO3S. The quantitative estimate of drug-likeness (QED) is 0.788. The third-order valence-corrected chi connectivity index (χ3v) is 4.95. The van der Waals surface area contributed by atoms with Crippen LogP contribution in [-0.2, 0) is 9.53 Å². The fourth-order valence-electron chi connectivity index (χ4n) is 2.36. The maximum absolute atomic E-state index is 12.5. The Morgan fingerprint density at radius 2 is 2.11 bits per heavy atom. The number of carbonyl (C=O) groups is 2. The molecule has 0 aromatic carbocycles. The van der Waals surface area contributed by atoms with Crippen molar-refractivity contribution in [1.29, 1.82) is 0 Å². The predicted octanol–water partition coefficient (Wildman–Crippen LogP) is 3.07. The van der Waals surface area contributed by atoms with Gasteiger partial charge in [0.05, 0.1) is 15.8 Å². The van der Waals surface area contributed by atoms with Crippen molar-refractivity contribution in [3.05, 3.63) is 20.8 Å². The van der Waals surface area contributed by atoms with Gasteiger partial charge in [-0.1, -0.05) is 12.8 Å². The zero-order valence-electron chi connectivity index (χ0n) is 10.7. The molecule has 0 bridgehead atoms. The second-order valence-electron chi connectivity index (χ2n) is 4.55. The molecule has 1 aliphatic rings. The van der Waals surface area contributed by atoms with Gasteiger partial charge < -0.3 is 9.64 Å². The van der Waals surface area contributed by atoms with E-state index in [1.54, 1.807) is 11.0 Å². The Balaban J connectivity index is 2.15. The Kier molecular flexibility index (Phi) is 4.99. The summed E-state index contributed by atoms with van der Waals surface area (Å²) in [6.07, 6.45) is 4.16. The van der Waals surface area contributed by atoms with Crippen molar-refractivity contribution in [1.82, 2.24) is 4.90 Å². The van der Waals surface area contributed by atoms with Crippen LogP contribution in [0.2, 0.25) is 0 Å². The summed E-state index contributed by atoms with van der Waals surface area (Å²) in [5, 5.41) is 0. The number of rotatable bonds is 4. The normalized spacial score (nSPS) is 15.5. The van der Waals surface area contributed by atoms with E-state index in [9.17, 15) is 9.59 Å². The summed E-state index contributed by atoms with van der Waals surface area (Å²) in [5.74, 6) is -0.441. The Morgan fingerprint density at radius 1 is 1.42 bits per heavy atom. The van der Waals surface area contributed by atoms with Gasteiger partial charge in [-0.3, -0.25) is 9.59 Å². The first-order chi connectivity index (χ1) is 9.11. The van der Waals surface area contributed by atoms with E-state index in [2.05, 4.69) is 15.9 Å². The van der Waals surface area contributed by atoms with E-state index >= 15 is 0 Å². The van der Waals surface area contributed by atoms with E-state index in [1.807, 2.05) is 6.07 Å². The van der Waals surface area contributed by atoms with E-state index < -0.39 is 0 Å². The molecule has 1 saturated carbocycles. The minimum Gasteiger partial charge on any atom is -0.468 e. The van der Waals surface area contributed by atoms with Crippen LogP contribution in [0, 0.1) is 0 Å². The molecule has 1 amide bonds. The molecule has 0 aliphatic heterocycles. The lowest BCUT2D eigenvalue weighted by Gasteiger charge is -2.27. The van der Waals surface area contributed by atoms with Crippen molar-refractivity contribution in [3.63, 3.8) is 0 Å². The predicted molar refractivity (Wildman–Crippen MR) is 77.3 cm³/mol. The zero-order chi connectivity index (χ0) is 13.8. The fourth-order valence-corrected chi connectivity index (χ4v) is 3.70. The van der Waals surface area contributed by atoms with Crippen molar-refractivity contribution >= 4 is 39.1 Å². The summed E-state index contributed by atoms with van der Waals surface area (Å²) in [4.78, 5) is 26.3. The number of hydrogen-bond acceptors (Lipinski definition) is 4. The maximum Gasteiger partial charge on any atom is 0.325 e. The molecule has 1 heterocycles. The SMILES string of the molecule is COC(=O)CN(C(=O)c1ccc(Br)s1)C1CCCC1. The molecule has 2 rings (SSSR count). The number of ether oxygens (including phenoxy) is 1. The van der Waals surface area contributed by atoms with Crippen LogP contribution < -0.4 is 0 Å². The molecule has 0 atom stereocenters. The highest BCUT2D eigenvalue weighted by atomic mass is 79.9. The standard InChI is InChI=1S/C13H16BrNO3S/c1-18-12(16)8-15(9-4-2-3-5-9)13(17)10-6-7-11(14)19-10/h6-7,9H,2-5,8H2,1H3. The van der Waals surface area contributed by atoms with Crippen LogP contribution in [0.4, 0.5) is 0 Å². The Hall–Kier alpha value is -0.880. The van der Waals surface area contributed by atoms with Gasteiger partial charge >= 0.3 is 5.97 Å². The van der Waals surface area contributed by atoms with Crippen molar-refractivity contribution in [2.45, 2.75) is 31.7 Å². The molecule has 1 fully saturated rings. The van der Waals surface area contributed by atoms with Crippen LogP contribution in [0.3, 0.4) is 0 Å². The molecule has 6 heteroatoms. The largest absolute Gasteiger partial charge is 0.468 e. The molecule has 0 radical (unpaired) electrons. The number of halogens is 1. The van der Waals surface area contributed by atoms with E-state index in [0.29, 0.717) is 4.88 Å². The summed E-state index contributed by atoms with van der Waals surface area (Å²) in [6, 6.07) is 3.80. The minimum atomic E-state index is -0.365. The van der Waals surface area contributed by atoms with Gasteiger partial charge in [-0.15, -0.1) is 11.3 Å². The lowest BCUT2D eigenvalue weighted by atomic mass is 10.2. The summed E-state index contributed by atoms with van der Waals surface area (Å²) >= 11 is 4.74. The molecule has 19 heavy (non-hydrogen) atoms. The smallest absolute Gasteiger partial charge is 0.325 e. The molecule has 1 aromatic rings. The van der Waals surface area contributed by atoms with Gasteiger partial charge in [-0.05, 0) is 40.9 Å². The summed E-state index contributed by atoms with van der Waals surface area (Å²) in [6.45, 7) is 0.0372. The second kappa shape index (κ2) is 6.52. The van der Waals surface area contributed by atoms with Crippen LogP contribution in [0.1, 0.15) is 35.4 Å². The topological polar surface area (TPSA) is 46.6 Å². The number of esters is 1. The Morgan fingerprint density at radius 3 is 2.63 bits per heavy atom. The molecule has 1 aromatic heterocycles. The molecule has 0 saturated heterocycles. The third kappa shape index (κ3) is 3.57.